The third-order valence-electron chi connectivity index (χ3n) is 2.98. The standard InChI is InChI=1S/C15H22O5/c1-11(2)10-19-8-5-9-20-15(18)13-7-4-3-6-12(13)14(16)17/h4,7,10,12-13H,3,5-6,8-9H2,1-2H3,(H,16,17). The van der Waals surface area contributed by atoms with Crippen LogP contribution in [0.1, 0.15) is 33.1 Å². The van der Waals surface area contributed by atoms with Gasteiger partial charge in [0.2, 0.25) is 0 Å². The molecule has 112 valence electrons. The van der Waals surface area contributed by atoms with Crippen molar-refractivity contribution in [3.05, 3.63) is 24.0 Å². The molecule has 0 aliphatic heterocycles. The summed E-state index contributed by atoms with van der Waals surface area (Å²) in [6.45, 7) is 4.58. The summed E-state index contributed by atoms with van der Waals surface area (Å²) in [6, 6.07) is 0. The molecule has 1 aliphatic rings. The molecule has 0 saturated carbocycles. The molecule has 0 spiro atoms. The minimum Gasteiger partial charge on any atom is -0.501 e. The van der Waals surface area contributed by atoms with E-state index in [9.17, 15) is 9.59 Å². The fraction of sp³-hybridized carbons (Fsp3) is 0.600. The Kier molecular flexibility index (Phi) is 6.84. The maximum atomic E-state index is 11.9. The van der Waals surface area contributed by atoms with Gasteiger partial charge in [0.05, 0.1) is 31.3 Å². The van der Waals surface area contributed by atoms with Crippen molar-refractivity contribution in [2.24, 2.45) is 11.8 Å². The minimum absolute atomic E-state index is 0.242. The van der Waals surface area contributed by atoms with E-state index < -0.39 is 23.8 Å². The Hall–Kier alpha value is -1.78. The van der Waals surface area contributed by atoms with Gasteiger partial charge >= 0.3 is 11.9 Å². The van der Waals surface area contributed by atoms with Crippen LogP contribution in [0.3, 0.4) is 0 Å². The van der Waals surface area contributed by atoms with Crippen molar-refractivity contribution in [3.8, 4) is 0 Å². The van der Waals surface area contributed by atoms with E-state index in [0.29, 0.717) is 25.9 Å². The summed E-state index contributed by atoms with van der Waals surface area (Å²) in [6.07, 6.45) is 6.90. The van der Waals surface area contributed by atoms with Gasteiger partial charge in [-0.3, -0.25) is 9.59 Å². The van der Waals surface area contributed by atoms with Gasteiger partial charge in [0.25, 0.3) is 0 Å². The van der Waals surface area contributed by atoms with Crippen LogP contribution < -0.4 is 0 Å². The molecule has 2 atom stereocenters. The molecule has 0 fully saturated rings. The van der Waals surface area contributed by atoms with Crippen LogP contribution in [-0.2, 0) is 19.1 Å². The molecular weight excluding hydrogens is 260 g/mol. The van der Waals surface area contributed by atoms with Gasteiger partial charge in [0.1, 0.15) is 0 Å². The lowest BCUT2D eigenvalue weighted by atomic mass is 9.84. The summed E-state index contributed by atoms with van der Waals surface area (Å²) >= 11 is 0. The number of carbonyl (C=O) groups is 2. The first-order chi connectivity index (χ1) is 9.52. The summed E-state index contributed by atoms with van der Waals surface area (Å²) in [5, 5.41) is 9.08. The average molecular weight is 282 g/mol. The highest BCUT2D eigenvalue weighted by Crippen LogP contribution is 2.26. The Bertz CT molecular complexity index is 393. The van der Waals surface area contributed by atoms with Crippen LogP contribution >= 0.6 is 0 Å². The molecule has 0 radical (unpaired) electrons. The van der Waals surface area contributed by atoms with E-state index in [1.54, 1.807) is 12.3 Å². The third-order valence-corrected chi connectivity index (χ3v) is 2.98. The number of aliphatic carboxylic acids is 1. The zero-order valence-corrected chi connectivity index (χ0v) is 12.0. The Balaban J connectivity index is 2.31. The molecule has 2 unspecified atom stereocenters. The zero-order chi connectivity index (χ0) is 15.0. The number of ether oxygens (including phenoxy) is 2. The van der Waals surface area contributed by atoms with E-state index in [-0.39, 0.29) is 6.61 Å². The molecule has 1 N–H and O–H groups in total. The van der Waals surface area contributed by atoms with E-state index in [1.165, 1.54) is 0 Å². The van der Waals surface area contributed by atoms with Crippen molar-refractivity contribution in [1.29, 1.82) is 0 Å². The zero-order valence-electron chi connectivity index (χ0n) is 12.0. The summed E-state index contributed by atoms with van der Waals surface area (Å²) in [5.41, 5.74) is 1.07. The lowest BCUT2D eigenvalue weighted by Crippen LogP contribution is -2.31. The second kappa shape index (κ2) is 8.40. The van der Waals surface area contributed by atoms with Crippen molar-refractivity contribution in [3.63, 3.8) is 0 Å². The van der Waals surface area contributed by atoms with E-state index in [1.807, 2.05) is 19.9 Å². The molecule has 0 aromatic heterocycles. The van der Waals surface area contributed by atoms with Crippen LogP contribution in [0.25, 0.3) is 0 Å². The van der Waals surface area contributed by atoms with Crippen molar-refractivity contribution in [1.82, 2.24) is 0 Å². The molecular formula is C15H22O5. The third kappa shape index (κ3) is 5.47. The fourth-order valence-corrected chi connectivity index (χ4v) is 1.99. The van der Waals surface area contributed by atoms with Crippen molar-refractivity contribution >= 4 is 11.9 Å². The smallest absolute Gasteiger partial charge is 0.313 e. The molecule has 1 rings (SSSR count). The molecule has 5 nitrogen and oxygen atoms in total. The highest BCUT2D eigenvalue weighted by Gasteiger charge is 2.34. The van der Waals surface area contributed by atoms with Crippen LogP contribution in [0.4, 0.5) is 0 Å². The summed E-state index contributed by atoms with van der Waals surface area (Å²) in [5.74, 6) is -2.74. The van der Waals surface area contributed by atoms with Crippen molar-refractivity contribution in [2.45, 2.75) is 33.1 Å². The van der Waals surface area contributed by atoms with Crippen molar-refractivity contribution < 1.29 is 24.2 Å². The maximum absolute atomic E-state index is 11.9. The summed E-state index contributed by atoms with van der Waals surface area (Å²) < 4.78 is 10.3. The minimum atomic E-state index is -0.941. The van der Waals surface area contributed by atoms with Crippen LogP contribution in [0.2, 0.25) is 0 Å². The van der Waals surface area contributed by atoms with E-state index >= 15 is 0 Å². The first-order valence-corrected chi connectivity index (χ1v) is 6.83. The first-order valence-electron chi connectivity index (χ1n) is 6.83. The van der Waals surface area contributed by atoms with Gasteiger partial charge < -0.3 is 14.6 Å². The topological polar surface area (TPSA) is 72.8 Å². The van der Waals surface area contributed by atoms with Gasteiger partial charge in [-0.05, 0) is 32.3 Å². The second-order valence-electron chi connectivity index (χ2n) is 5.06. The normalized spacial score (nSPS) is 21.1. The molecule has 1 aliphatic carbocycles. The predicted molar refractivity (Wildman–Crippen MR) is 73.9 cm³/mol. The van der Waals surface area contributed by atoms with Gasteiger partial charge in [0, 0.05) is 6.42 Å². The highest BCUT2D eigenvalue weighted by molar-refractivity contribution is 5.83. The summed E-state index contributed by atoms with van der Waals surface area (Å²) in [7, 11) is 0. The van der Waals surface area contributed by atoms with Crippen LogP contribution in [-0.4, -0.2) is 30.3 Å². The van der Waals surface area contributed by atoms with Crippen LogP contribution in [0.5, 0.6) is 0 Å². The molecule has 0 heterocycles. The number of esters is 1. The molecule has 0 amide bonds. The Morgan fingerprint density at radius 3 is 2.75 bits per heavy atom. The largest absolute Gasteiger partial charge is 0.501 e. The lowest BCUT2D eigenvalue weighted by Gasteiger charge is -2.22. The van der Waals surface area contributed by atoms with E-state index in [4.69, 9.17) is 14.6 Å². The van der Waals surface area contributed by atoms with Gasteiger partial charge in [-0.2, -0.15) is 0 Å². The summed E-state index contributed by atoms with van der Waals surface area (Å²) in [4.78, 5) is 22.9. The molecule has 20 heavy (non-hydrogen) atoms. The lowest BCUT2D eigenvalue weighted by molar-refractivity contribution is -0.156. The Morgan fingerprint density at radius 2 is 2.10 bits per heavy atom. The highest BCUT2D eigenvalue weighted by atomic mass is 16.5. The van der Waals surface area contributed by atoms with Crippen molar-refractivity contribution in [2.75, 3.05) is 13.2 Å². The number of hydrogen-bond donors (Lipinski definition) is 1. The van der Waals surface area contributed by atoms with Crippen LogP contribution in [0, 0.1) is 11.8 Å². The monoisotopic (exact) mass is 282 g/mol. The number of carboxylic acid groups (broad SMARTS) is 1. The molecule has 0 saturated heterocycles. The van der Waals surface area contributed by atoms with Crippen LogP contribution in [0.15, 0.2) is 24.0 Å². The van der Waals surface area contributed by atoms with Gasteiger partial charge in [-0.15, -0.1) is 0 Å². The number of hydrogen-bond acceptors (Lipinski definition) is 4. The van der Waals surface area contributed by atoms with Gasteiger partial charge in [-0.25, -0.2) is 0 Å². The number of carboxylic acids is 1. The Morgan fingerprint density at radius 1 is 1.35 bits per heavy atom. The quantitative estimate of drug-likeness (QED) is 0.336. The first kappa shape index (κ1) is 16.3. The van der Waals surface area contributed by atoms with Gasteiger partial charge in [0.15, 0.2) is 0 Å². The SMILES string of the molecule is CC(C)=COCCCOC(=O)C1C=CCCC1C(=O)O. The predicted octanol–water partition coefficient (Wildman–Crippen LogP) is 2.53. The molecule has 5 heteroatoms. The van der Waals surface area contributed by atoms with E-state index in [0.717, 1.165) is 5.57 Å². The molecule has 0 aromatic rings. The average Bonchev–Trinajstić information content (AvgIpc) is 2.42. The fourth-order valence-electron chi connectivity index (χ4n) is 1.99. The molecule has 0 bridgehead atoms. The Labute approximate surface area is 119 Å². The number of rotatable bonds is 7. The number of carbonyl (C=O) groups excluding carboxylic acids is 1. The number of allylic oxidation sites excluding steroid dienone is 2. The van der Waals surface area contributed by atoms with E-state index in [2.05, 4.69) is 0 Å². The second-order valence-corrected chi connectivity index (χ2v) is 5.06. The van der Waals surface area contributed by atoms with Gasteiger partial charge in [-0.1, -0.05) is 12.2 Å². The molecule has 0 aromatic carbocycles. The maximum Gasteiger partial charge on any atom is 0.313 e.